The van der Waals surface area contributed by atoms with Crippen LogP contribution in [-0.4, -0.2) is 4.98 Å². The summed E-state index contributed by atoms with van der Waals surface area (Å²) < 4.78 is 0. The Bertz CT molecular complexity index is 320. The molecular formula is C8H8N2O. The predicted molar refractivity (Wildman–Crippen MR) is 41.9 cm³/mol. The average molecular weight is 148 g/mol. The third-order valence-electron chi connectivity index (χ3n) is 1.78. The van der Waals surface area contributed by atoms with Crippen molar-refractivity contribution >= 4 is 11.9 Å². The van der Waals surface area contributed by atoms with Gasteiger partial charge in [-0.1, -0.05) is 0 Å². The second kappa shape index (κ2) is 2.15. The molecule has 11 heavy (non-hydrogen) atoms. The third kappa shape index (κ3) is 0.859. The van der Waals surface area contributed by atoms with Gasteiger partial charge in [0.15, 0.2) is 0 Å². The summed E-state index contributed by atoms with van der Waals surface area (Å²) in [4.78, 5) is 3.99. The third-order valence-corrected chi connectivity index (χ3v) is 1.78. The average Bonchev–Trinajstić information content (AvgIpc) is 2.30. The SMILES string of the molecule is CC1=Cc2cccnc2[NH+]1[O-]. The fourth-order valence-electron chi connectivity index (χ4n) is 1.21. The topological polar surface area (TPSA) is 40.4 Å². The summed E-state index contributed by atoms with van der Waals surface area (Å²) >= 11 is 0. The lowest BCUT2D eigenvalue weighted by molar-refractivity contribution is -0.729. The van der Waals surface area contributed by atoms with Crippen molar-refractivity contribution in [3.8, 4) is 0 Å². The molecule has 0 saturated heterocycles. The smallest absolute Gasteiger partial charge is 0.238 e. The van der Waals surface area contributed by atoms with E-state index < -0.39 is 0 Å². The highest BCUT2D eigenvalue weighted by atomic mass is 16.5. The second-order valence-corrected chi connectivity index (χ2v) is 2.60. The molecule has 2 heterocycles. The van der Waals surface area contributed by atoms with Crippen LogP contribution in [0.5, 0.6) is 0 Å². The molecule has 0 saturated carbocycles. The molecule has 0 aromatic carbocycles. The minimum Gasteiger partial charge on any atom is -0.622 e. The van der Waals surface area contributed by atoms with Crippen LogP contribution in [0.15, 0.2) is 24.0 Å². The number of fused-ring (bicyclic) bond motifs is 1. The number of quaternary nitrogens is 1. The first kappa shape index (κ1) is 6.52. The summed E-state index contributed by atoms with van der Waals surface area (Å²) in [6, 6.07) is 3.73. The summed E-state index contributed by atoms with van der Waals surface area (Å²) in [5, 5.41) is 11.3. The van der Waals surface area contributed by atoms with Gasteiger partial charge in [0.2, 0.25) is 5.82 Å². The maximum atomic E-state index is 11.3. The number of pyridine rings is 1. The van der Waals surface area contributed by atoms with Gasteiger partial charge in [-0.3, -0.25) is 5.06 Å². The van der Waals surface area contributed by atoms with E-state index in [9.17, 15) is 5.21 Å². The number of hydrogen-bond acceptors (Lipinski definition) is 2. The zero-order chi connectivity index (χ0) is 7.84. The van der Waals surface area contributed by atoms with Gasteiger partial charge in [-0.25, -0.2) is 4.98 Å². The first-order valence-electron chi connectivity index (χ1n) is 3.47. The van der Waals surface area contributed by atoms with Gasteiger partial charge in [0.25, 0.3) is 0 Å². The molecule has 1 aliphatic heterocycles. The highest BCUT2D eigenvalue weighted by Crippen LogP contribution is 2.15. The number of nitrogens with one attached hydrogen (secondary N) is 1. The Hall–Kier alpha value is -1.19. The van der Waals surface area contributed by atoms with Crippen molar-refractivity contribution in [1.82, 2.24) is 4.98 Å². The van der Waals surface area contributed by atoms with Crippen LogP contribution < -0.4 is 5.06 Å². The molecule has 1 aromatic rings. The molecule has 0 spiro atoms. The monoisotopic (exact) mass is 148 g/mol. The number of nitrogens with zero attached hydrogens (tertiary/aromatic N) is 1. The van der Waals surface area contributed by atoms with E-state index in [0.29, 0.717) is 5.82 Å². The van der Waals surface area contributed by atoms with Gasteiger partial charge in [0.1, 0.15) is 5.70 Å². The Morgan fingerprint density at radius 3 is 3.09 bits per heavy atom. The van der Waals surface area contributed by atoms with Crippen LogP contribution in [0.3, 0.4) is 0 Å². The van der Waals surface area contributed by atoms with Gasteiger partial charge in [0, 0.05) is 19.2 Å². The van der Waals surface area contributed by atoms with Crippen molar-refractivity contribution in [2.45, 2.75) is 6.92 Å². The fraction of sp³-hybridized carbons (Fsp3) is 0.125. The summed E-state index contributed by atoms with van der Waals surface area (Å²) in [5.41, 5.74) is 1.72. The summed E-state index contributed by atoms with van der Waals surface area (Å²) in [6.45, 7) is 1.81. The lowest BCUT2D eigenvalue weighted by Gasteiger charge is -2.15. The molecule has 2 rings (SSSR count). The molecule has 1 aromatic heterocycles. The van der Waals surface area contributed by atoms with Gasteiger partial charge in [-0.2, -0.15) is 0 Å². The Kier molecular flexibility index (Phi) is 1.27. The number of hydrogen-bond donors (Lipinski definition) is 1. The molecule has 0 bridgehead atoms. The fourth-order valence-corrected chi connectivity index (χ4v) is 1.21. The van der Waals surface area contributed by atoms with Crippen LogP contribution in [-0.2, 0) is 0 Å². The summed E-state index contributed by atoms with van der Waals surface area (Å²) in [5.74, 6) is 0.588. The molecule has 3 nitrogen and oxygen atoms in total. The van der Waals surface area contributed by atoms with E-state index in [2.05, 4.69) is 4.98 Å². The molecule has 0 amide bonds. The van der Waals surface area contributed by atoms with E-state index in [1.807, 2.05) is 25.1 Å². The Morgan fingerprint density at radius 2 is 2.36 bits per heavy atom. The van der Waals surface area contributed by atoms with Crippen molar-refractivity contribution in [3.63, 3.8) is 0 Å². The lowest BCUT2D eigenvalue weighted by Crippen LogP contribution is -2.98. The second-order valence-electron chi connectivity index (χ2n) is 2.60. The van der Waals surface area contributed by atoms with E-state index in [1.54, 1.807) is 6.20 Å². The van der Waals surface area contributed by atoms with Gasteiger partial charge in [0.05, 0.1) is 5.56 Å². The molecular weight excluding hydrogens is 140 g/mol. The highest BCUT2D eigenvalue weighted by molar-refractivity contribution is 5.62. The Morgan fingerprint density at radius 1 is 1.55 bits per heavy atom. The molecule has 0 aliphatic carbocycles. The zero-order valence-corrected chi connectivity index (χ0v) is 6.16. The van der Waals surface area contributed by atoms with Crippen LogP contribution >= 0.6 is 0 Å². The number of aromatic nitrogens is 1. The van der Waals surface area contributed by atoms with Gasteiger partial charge in [-0.15, -0.1) is 0 Å². The van der Waals surface area contributed by atoms with Gasteiger partial charge >= 0.3 is 0 Å². The first-order valence-corrected chi connectivity index (χ1v) is 3.47. The van der Waals surface area contributed by atoms with Crippen LogP contribution in [0, 0.1) is 5.21 Å². The van der Waals surface area contributed by atoms with E-state index in [4.69, 9.17) is 0 Å². The van der Waals surface area contributed by atoms with Crippen LogP contribution in [0.25, 0.3) is 6.08 Å². The largest absolute Gasteiger partial charge is 0.622 e. The van der Waals surface area contributed by atoms with Crippen LogP contribution in [0.1, 0.15) is 12.5 Å². The predicted octanol–water partition coefficient (Wildman–Crippen LogP) is 0.470. The molecule has 3 heteroatoms. The molecule has 1 aliphatic rings. The molecule has 1 N–H and O–H groups in total. The number of hydroxylamine groups is 1. The molecule has 0 radical (unpaired) electrons. The Labute approximate surface area is 64.6 Å². The normalized spacial score (nSPS) is 21.3. The van der Waals surface area contributed by atoms with E-state index in [-0.39, 0.29) is 5.06 Å². The number of rotatable bonds is 0. The van der Waals surface area contributed by atoms with Gasteiger partial charge < -0.3 is 5.21 Å². The van der Waals surface area contributed by atoms with Crippen molar-refractivity contribution < 1.29 is 5.06 Å². The van der Waals surface area contributed by atoms with E-state index >= 15 is 0 Å². The van der Waals surface area contributed by atoms with Crippen molar-refractivity contribution in [1.29, 1.82) is 0 Å². The lowest BCUT2D eigenvalue weighted by atomic mass is 10.3. The highest BCUT2D eigenvalue weighted by Gasteiger charge is 2.18. The van der Waals surface area contributed by atoms with Gasteiger partial charge in [-0.05, 0) is 12.1 Å². The quantitative estimate of drug-likeness (QED) is 0.543. The minimum absolute atomic E-state index is 0.0561. The maximum absolute atomic E-state index is 11.3. The van der Waals surface area contributed by atoms with E-state index in [1.165, 1.54) is 0 Å². The number of allylic oxidation sites excluding steroid dienone is 1. The van der Waals surface area contributed by atoms with Crippen LogP contribution in [0.4, 0.5) is 5.82 Å². The maximum Gasteiger partial charge on any atom is 0.238 e. The van der Waals surface area contributed by atoms with Crippen LogP contribution in [0.2, 0.25) is 0 Å². The molecule has 1 atom stereocenters. The Balaban J connectivity index is 2.58. The van der Waals surface area contributed by atoms with Crippen molar-refractivity contribution in [2.24, 2.45) is 0 Å². The minimum atomic E-state index is 0.0561. The zero-order valence-electron chi connectivity index (χ0n) is 6.16. The summed E-state index contributed by atoms with van der Waals surface area (Å²) in [7, 11) is 0. The van der Waals surface area contributed by atoms with Crippen molar-refractivity contribution in [2.75, 3.05) is 0 Å². The molecule has 1 unspecified atom stereocenters. The molecule has 0 fully saturated rings. The van der Waals surface area contributed by atoms with E-state index in [0.717, 1.165) is 11.3 Å². The first-order chi connectivity index (χ1) is 5.29. The summed E-state index contributed by atoms with van der Waals surface area (Å²) in [6.07, 6.45) is 3.51. The standard InChI is InChI=1S/C8H8N2O/c1-6-5-7-3-2-4-9-8(7)10(6)11/h2-5,10H,1H3. The van der Waals surface area contributed by atoms with Crippen molar-refractivity contribution in [3.05, 3.63) is 34.8 Å². The molecule has 56 valence electrons.